The predicted molar refractivity (Wildman–Crippen MR) is 108 cm³/mol. The molecule has 1 aliphatic heterocycles. The lowest BCUT2D eigenvalue weighted by Gasteiger charge is -2.37. The molecule has 1 saturated heterocycles. The lowest BCUT2D eigenvalue weighted by atomic mass is 9.82. The van der Waals surface area contributed by atoms with E-state index in [2.05, 4.69) is 5.32 Å². The Balaban J connectivity index is 1.73. The molecule has 29 heavy (non-hydrogen) atoms. The maximum absolute atomic E-state index is 13.2. The summed E-state index contributed by atoms with van der Waals surface area (Å²) >= 11 is 0. The van der Waals surface area contributed by atoms with Gasteiger partial charge in [-0.2, -0.15) is 0 Å². The van der Waals surface area contributed by atoms with E-state index in [-0.39, 0.29) is 12.5 Å². The van der Waals surface area contributed by atoms with Crippen LogP contribution in [0.15, 0.2) is 60.7 Å². The molecule has 1 heterocycles. The van der Waals surface area contributed by atoms with Crippen molar-refractivity contribution < 1.29 is 24.2 Å². The van der Waals surface area contributed by atoms with E-state index in [1.165, 1.54) is 0 Å². The van der Waals surface area contributed by atoms with Gasteiger partial charge in [-0.15, -0.1) is 0 Å². The van der Waals surface area contributed by atoms with E-state index in [0.29, 0.717) is 38.2 Å². The zero-order valence-corrected chi connectivity index (χ0v) is 16.6. The second-order valence-corrected chi connectivity index (χ2v) is 7.57. The average Bonchev–Trinajstić information content (AvgIpc) is 2.77. The summed E-state index contributed by atoms with van der Waals surface area (Å²) in [6, 6.07) is 18.6. The number of hydrogen-bond donors (Lipinski definition) is 2. The fourth-order valence-corrected chi connectivity index (χ4v) is 3.46. The van der Waals surface area contributed by atoms with Crippen molar-refractivity contribution in [3.63, 3.8) is 0 Å². The summed E-state index contributed by atoms with van der Waals surface area (Å²) in [7, 11) is 0. The quantitative estimate of drug-likeness (QED) is 0.715. The van der Waals surface area contributed by atoms with Crippen molar-refractivity contribution in [2.45, 2.75) is 37.4 Å². The van der Waals surface area contributed by atoms with Gasteiger partial charge in [0.1, 0.15) is 5.41 Å². The highest BCUT2D eigenvalue weighted by Gasteiger charge is 2.43. The first kappa shape index (κ1) is 21.0. The second-order valence-electron chi connectivity index (χ2n) is 7.57. The van der Waals surface area contributed by atoms with Crippen LogP contribution in [-0.2, 0) is 31.1 Å². The lowest BCUT2D eigenvalue weighted by Crippen LogP contribution is -2.55. The lowest BCUT2D eigenvalue weighted by molar-refractivity contribution is -0.164. The zero-order valence-electron chi connectivity index (χ0n) is 16.6. The summed E-state index contributed by atoms with van der Waals surface area (Å²) in [4.78, 5) is 25.2. The van der Waals surface area contributed by atoms with Gasteiger partial charge in [0, 0.05) is 32.6 Å². The summed E-state index contributed by atoms with van der Waals surface area (Å²) in [5.74, 6) is -1.28. The highest BCUT2D eigenvalue weighted by atomic mass is 16.5. The highest BCUT2D eigenvalue weighted by molar-refractivity contribution is 5.87. The smallest absolute Gasteiger partial charge is 0.315 e. The van der Waals surface area contributed by atoms with Crippen molar-refractivity contribution in [3.8, 4) is 0 Å². The Bertz CT molecular complexity index is 818. The minimum atomic E-state index is -1.23. The number of amides is 1. The third kappa shape index (κ3) is 4.83. The van der Waals surface area contributed by atoms with E-state index in [0.717, 1.165) is 5.56 Å². The Morgan fingerprint density at radius 3 is 2.24 bits per heavy atom. The summed E-state index contributed by atoms with van der Waals surface area (Å²) in [5.41, 5.74) is -0.641. The van der Waals surface area contributed by atoms with Crippen molar-refractivity contribution in [1.29, 1.82) is 0 Å². The van der Waals surface area contributed by atoms with Gasteiger partial charge in [-0.05, 0) is 18.1 Å². The summed E-state index contributed by atoms with van der Waals surface area (Å²) < 4.78 is 11.5. The maximum Gasteiger partial charge on any atom is 0.315 e. The van der Waals surface area contributed by atoms with Crippen LogP contribution in [-0.4, -0.2) is 42.3 Å². The summed E-state index contributed by atoms with van der Waals surface area (Å²) in [5, 5.41) is 12.7. The molecule has 0 saturated carbocycles. The van der Waals surface area contributed by atoms with Crippen LogP contribution < -0.4 is 5.32 Å². The minimum absolute atomic E-state index is 0.0253. The minimum Gasteiger partial charge on any atom is -0.481 e. The molecular weight excluding hydrogens is 370 g/mol. The third-order valence-electron chi connectivity index (χ3n) is 5.56. The van der Waals surface area contributed by atoms with Gasteiger partial charge in [-0.1, -0.05) is 60.7 Å². The van der Waals surface area contributed by atoms with Gasteiger partial charge in [0.25, 0.3) is 5.91 Å². The number of rotatable bonds is 8. The van der Waals surface area contributed by atoms with Gasteiger partial charge >= 0.3 is 5.97 Å². The van der Waals surface area contributed by atoms with Crippen LogP contribution in [0.4, 0.5) is 0 Å². The monoisotopic (exact) mass is 397 g/mol. The molecule has 1 fully saturated rings. The molecule has 0 aliphatic carbocycles. The van der Waals surface area contributed by atoms with E-state index in [9.17, 15) is 14.7 Å². The Kier molecular flexibility index (Phi) is 6.67. The average molecular weight is 397 g/mol. The first-order valence-corrected chi connectivity index (χ1v) is 9.79. The van der Waals surface area contributed by atoms with Gasteiger partial charge in [-0.3, -0.25) is 9.59 Å². The van der Waals surface area contributed by atoms with Crippen LogP contribution in [0.1, 0.15) is 30.9 Å². The standard InChI is InChI=1S/C23H27NO5/c1-22(21(26)27,19-10-6-3-7-11-19)17-24-20(25)23(12-14-28-15-13-23)29-16-18-8-4-2-5-9-18/h2-11H,12-17H2,1H3,(H,24,25)(H,26,27). The number of carbonyl (C=O) groups excluding carboxylic acids is 1. The Labute approximate surface area is 170 Å². The fraction of sp³-hybridized carbons (Fsp3) is 0.391. The van der Waals surface area contributed by atoms with E-state index in [1.54, 1.807) is 31.2 Å². The van der Waals surface area contributed by atoms with Crippen LogP contribution in [0.3, 0.4) is 0 Å². The van der Waals surface area contributed by atoms with Gasteiger partial charge < -0.3 is 19.9 Å². The van der Waals surface area contributed by atoms with Crippen molar-refractivity contribution in [2.75, 3.05) is 19.8 Å². The molecule has 1 aliphatic rings. The first-order valence-electron chi connectivity index (χ1n) is 9.79. The Morgan fingerprint density at radius 2 is 1.66 bits per heavy atom. The normalized spacial score (nSPS) is 17.8. The number of nitrogens with one attached hydrogen (secondary N) is 1. The number of aliphatic carboxylic acids is 1. The number of carbonyl (C=O) groups is 2. The zero-order chi connectivity index (χ0) is 20.7. The van der Waals surface area contributed by atoms with Crippen LogP contribution in [0.5, 0.6) is 0 Å². The molecule has 1 unspecified atom stereocenters. The first-order chi connectivity index (χ1) is 14.0. The molecule has 1 atom stereocenters. The van der Waals surface area contributed by atoms with Crippen molar-refractivity contribution in [1.82, 2.24) is 5.32 Å². The number of ether oxygens (including phenoxy) is 2. The molecule has 154 valence electrons. The molecule has 2 aromatic rings. The van der Waals surface area contributed by atoms with E-state index >= 15 is 0 Å². The van der Waals surface area contributed by atoms with Gasteiger partial charge in [0.05, 0.1) is 6.61 Å². The van der Waals surface area contributed by atoms with Gasteiger partial charge in [-0.25, -0.2) is 0 Å². The third-order valence-corrected chi connectivity index (χ3v) is 5.56. The second kappa shape index (κ2) is 9.20. The SMILES string of the molecule is CC(CNC(=O)C1(OCc2ccccc2)CCOCC1)(C(=O)O)c1ccccc1. The van der Waals surface area contributed by atoms with Crippen LogP contribution in [0.2, 0.25) is 0 Å². The summed E-state index contributed by atoms with van der Waals surface area (Å²) in [6.45, 7) is 2.76. The molecule has 6 nitrogen and oxygen atoms in total. The van der Waals surface area contributed by atoms with E-state index in [4.69, 9.17) is 9.47 Å². The predicted octanol–water partition coefficient (Wildman–Crippen LogP) is 2.91. The Morgan fingerprint density at radius 1 is 1.07 bits per heavy atom. The van der Waals surface area contributed by atoms with E-state index < -0.39 is 17.0 Å². The molecule has 2 aromatic carbocycles. The number of carboxylic acids is 1. The molecular formula is C23H27NO5. The molecule has 3 rings (SSSR count). The fourth-order valence-electron chi connectivity index (χ4n) is 3.46. The van der Waals surface area contributed by atoms with Gasteiger partial charge in [0.2, 0.25) is 0 Å². The molecule has 0 bridgehead atoms. The van der Waals surface area contributed by atoms with Crippen molar-refractivity contribution in [2.24, 2.45) is 0 Å². The molecule has 1 amide bonds. The number of benzene rings is 2. The largest absolute Gasteiger partial charge is 0.481 e. The van der Waals surface area contributed by atoms with E-state index in [1.807, 2.05) is 36.4 Å². The van der Waals surface area contributed by atoms with Crippen LogP contribution >= 0.6 is 0 Å². The molecule has 0 aromatic heterocycles. The van der Waals surface area contributed by atoms with Crippen LogP contribution in [0, 0.1) is 0 Å². The van der Waals surface area contributed by atoms with Crippen molar-refractivity contribution in [3.05, 3.63) is 71.8 Å². The maximum atomic E-state index is 13.2. The van der Waals surface area contributed by atoms with Crippen LogP contribution in [0.25, 0.3) is 0 Å². The number of carboxylic acid groups (broad SMARTS) is 1. The van der Waals surface area contributed by atoms with Gasteiger partial charge in [0.15, 0.2) is 5.60 Å². The van der Waals surface area contributed by atoms with Crippen molar-refractivity contribution >= 4 is 11.9 Å². The topological polar surface area (TPSA) is 84.9 Å². The molecule has 6 heteroatoms. The molecule has 0 radical (unpaired) electrons. The summed E-state index contributed by atoms with van der Waals surface area (Å²) in [6.07, 6.45) is 0.863. The molecule has 2 N–H and O–H groups in total. The highest BCUT2D eigenvalue weighted by Crippen LogP contribution is 2.28. The number of hydrogen-bond acceptors (Lipinski definition) is 4. The Hall–Kier alpha value is -2.70. The molecule has 0 spiro atoms.